The Hall–Kier alpha value is -1.25. The molecular weight excluding hydrogens is 292 g/mol. The second-order valence-electron chi connectivity index (χ2n) is 3.89. The van der Waals surface area contributed by atoms with E-state index in [2.05, 4.69) is 10.2 Å². The van der Waals surface area contributed by atoms with Crippen LogP contribution >= 0.6 is 23.1 Å². The maximum atomic E-state index is 13.7. The Bertz CT molecular complexity index is 566. The number of hydrogen-bond acceptors (Lipinski definition) is 6. The Labute approximate surface area is 117 Å². The van der Waals surface area contributed by atoms with Crippen molar-refractivity contribution in [3.05, 3.63) is 29.3 Å². The average molecular weight is 303 g/mol. The molecule has 2 aromatic rings. The Morgan fingerprint density at radius 3 is 2.37 bits per heavy atom. The third-order valence-corrected chi connectivity index (χ3v) is 4.44. The van der Waals surface area contributed by atoms with Crippen LogP contribution in [0.25, 0.3) is 0 Å². The molecule has 2 rings (SSSR count). The first kappa shape index (κ1) is 14.2. The lowest BCUT2D eigenvalue weighted by atomic mass is 10.2. The number of aromatic nitrogens is 2. The highest BCUT2D eigenvalue weighted by molar-refractivity contribution is 8.01. The second kappa shape index (κ2) is 5.81. The summed E-state index contributed by atoms with van der Waals surface area (Å²) in [4.78, 5) is 1.63. The van der Waals surface area contributed by atoms with E-state index in [1.54, 1.807) is 4.90 Å². The molecule has 0 unspecified atom stereocenters. The van der Waals surface area contributed by atoms with Gasteiger partial charge in [0.25, 0.3) is 0 Å². The first-order chi connectivity index (χ1) is 9.01. The van der Waals surface area contributed by atoms with Crippen LogP contribution in [0.5, 0.6) is 0 Å². The van der Waals surface area contributed by atoms with E-state index in [1.165, 1.54) is 11.3 Å². The zero-order valence-corrected chi connectivity index (χ0v) is 11.9. The summed E-state index contributed by atoms with van der Waals surface area (Å²) in [6, 6.07) is 2.22. The highest BCUT2D eigenvalue weighted by Crippen LogP contribution is 2.36. The van der Waals surface area contributed by atoms with E-state index in [9.17, 15) is 8.78 Å². The van der Waals surface area contributed by atoms with Crippen molar-refractivity contribution in [1.82, 2.24) is 10.2 Å². The molecule has 8 heteroatoms. The van der Waals surface area contributed by atoms with E-state index in [0.717, 1.165) is 23.9 Å². The summed E-state index contributed by atoms with van der Waals surface area (Å²) in [5.74, 6) is -1.42. The molecule has 0 saturated heterocycles. The molecule has 0 aliphatic rings. The average Bonchev–Trinajstić information content (AvgIpc) is 2.82. The topological polar surface area (TPSA) is 49.2 Å². The van der Waals surface area contributed by atoms with Crippen LogP contribution in [0.2, 0.25) is 0 Å². The number of hydrogen-bond donors (Lipinski definition) is 1. The minimum Gasteiger partial charge on any atom is -0.392 e. The van der Waals surface area contributed by atoms with E-state index < -0.39 is 18.2 Å². The van der Waals surface area contributed by atoms with Crippen LogP contribution in [-0.2, 0) is 6.61 Å². The van der Waals surface area contributed by atoms with Crippen molar-refractivity contribution in [1.29, 1.82) is 0 Å². The highest BCUT2D eigenvalue weighted by Gasteiger charge is 2.15. The maximum absolute atomic E-state index is 13.7. The lowest BCUT2D eigenvalue weighted by Crippen LogP contribution is -2.07. The molecule has 1 N–H and O–H groups in total. The van der Waals surface area contributed by atoms with Gasteiger partial charge in [0.05, 0.1) is 11.5 Å². The van der Waals surface area contributed by atoms with E-state index in [4.69, 9.17) is 5.11 Å². The lowest BCUT2D eigenvalue weighted by molar-refractivity contribution is 0.280. The van der Waals surface area contributed by atoms with Gasteiger partial charge in [0.2, 0.25) is 5.13 Å². The molecule has 0 aliphatic carbocycles. The molecule has 1 heterocycles. The molecule has 0 radical (unpaired) electrons. The largest absolute Gasteiger partial charge is 0.392 e. The minimum absolute atomic E-state index is 0.140. The Balaban J connectivity index is 2.27. The highest BCUT2D eigenvalue weighted by atomic mass is 32.2. The fourth-order valence-corrected chi connectivity index (χ4v) is 3.02. The molecule has 0 amide bonds. The van der Waals surface area contributed by atoms with Crippen molar-refractivity contribution < 1.29 is 13.9 Å². The van der Waals surface area contributed by atoms with Crippen LogP contribution < -0.4 is 4.90 Å². The summed E-state index contributed by atoms with van der Waals surface area (Å²) in [7, 11) is 3.62. The lowest BCUT2D eigenvalue weighted by Gasteiger charge is -2.05. The normalized spacial score (nSPS) is 10.8. The van der Waals surface area contributed by atoms with Crippen molar-refractivity contribution in [3.63, 3.8) is 0 Å². The standard InChI is InChI=1S/C11H11F2N3OS2/c1-16(2)10-14-15-11(19-10)18-9-7(12)3-6(5-17)4-8(9)13/h3-4,17H,5H2,1-2H3. The van der Waals surface area contributed by atoms with Crippen molar-refractivity contribution in [2.24, 2.45) is 0 Å². The SMILES string of the molecule is CN(C)c1nnc(Sc2c(F)cc(CO)cc2F)s1. The van der Waals surface area contributed by atoms with Gasteiger partial charge in [-0.1, -0.05) is 23.1 Å². The molecule has 0 aliphatic heterocycles. The number of rotatable bonds is 4. The van der Waals surface area contributed by atoms with Gasteiger partial charge in [0.15, 0.2) is 4.34 Å². The molecule has 19 heavy (non-hydrogen) atoms. The van der Waals surface area contributed by atoms with Crippen molar-refractivity contribution >= 4 is 28.2 Å². The van der Waals surface area contributed by atoms with E-state index >= 15 is 0 Å². The molecule has 0 bridgehead atoms. The summed E-state index contributed by atoms with van der Waals surface area (Å²) >= 11 is 2.13. The van der Waals surface area contributed by atoms with Gasteiger partial charge in [-0.25, -0.2) is 8.78 Å². The Morgan fingerprint density at radius 2 is 1.89 bits per heavy atom. The summed E-state index contributed by atoms with van der Waals surface area (Å²) in [6.45, 7) is -0.400. The number of nitrogens with zero attached hydrogens (tertiary/aromatic N) is 3. The van der Waals surface area contributed by atoms with Gasteiger partial charge in [0.1, 0.15) is 11.6 Å². The number of benzene rings is 1. The van der Waals surface area contributed by atoms with Gasteiger partial charge in [-0.3, -0.25) is 0 Å². The van der Waals surface area contributed by atoms with Gasteiger partial charge in [-0.05, 0) is 17.7 Å². The molecule has 102 valence electrons. The molecular formula is C11H11F2N3OS2. The zero-order chi connectivity index (χ0) is 14.0. The fourth-order valence-electron chi connectivity index (χ4n) is 1.31. The fraction of sp³-hybridized carbons (Fsp3) is 0.273. The van der Waals surface area contributed by atoms with E-state index in [0.29, 0.717) is 9.47 Å². The smallest absolute Gasteiger partial charge is 0.208 e. The monoisotopic (exact) mass is 303 g/mol. The zero-order valence-electron chi connectivity index (χ0n) is 10.2. The first-order valence-corrected chi connectivity index (χ1v) is 6.92. The van der Waals surface area contributed by atoms with Gasteiger partial charge in [0, 0.05) is 14.1 Å². The molecule has 0 spiro atoms. The van der Waals surface area contributed by atoms with Gasteiger partial charge < -0.3 is 10.0 Å². The van der Waals surface area contributed by atoms with E-state index in [-0.39, 0.29) is 10.5 Å². The van der Waals surface area contributed by atoms with Crippen LogP contribution in [0.4, 0.5) is 13.9 Å². The van der Waals surface area contributed by atoms with Crippen LogP contribution in [0.15, 0.2) is 21.4 Å². The summed E-state index contributed by atoms with van der Waals surface area (Å²) in [5, 5.41) is 17.3. The Kier molecular flexibility index (Phi) is 4.33. The van der Waals surface area contributed by atoms with Crippen LogP contribution in [0.1, 0.15) is 5.56 Å². The predicted octanol–water partition coefficient (Wildman–Crippen LogP) is 2.53. The number of anilines is 1. The molecule has 1 aromatic carbocycles. The third-order valence-electron chi connectivity index (χ3n) is 2.21. The number of aliphatic hydroxyl groups excluding tert-OH is 1. The van der Waals surface area contributed by atoms with Gasteiger partial charge >= 0.3 is 0 Å². The quantitative estimate of drug-likeness (QED) is 0.940. The molecule has 0 fully saturated rings. The van der Waals surface area contributed by atoms with E-state index in [1.807, 2.05) is 14.1 Å². The van der Waals surface area contributed by atoms with Crippen LogP contribution in [0, 0.1) is 11.6 Å². The Morgan fingerprint density at radius 1 is 1.26 bits per heavy atom. The number of halogens is 2. The first-order valence-electron chi connectivity index (χ1n) is 5.28. The van der Waals surface area contributed by atoms with Crippen molar-refractivity contribution in [3.8, 4) is 0 Å². The van der Waals surface area contributed by atoms with Crippen molar-refractivity contribution in [2.45, 2.75) is 15.8 Å². The maximum Gasteiger partial charge on any atom is 0.208 e. The molecule has 4 nitrogen and oxygen atoms in total. The summed E-state index contributed by atoms with van der Waals surface area (Å²) in [5.41, 5.74) is 0.200. The van der Waals surface area contributed by atoms with Crippen LogP contribution in [0.3, 0.4) is 0 Å². The van der Waals surface area contributed by atoms with Crippen molar-refractivity contribution in [2.75, 3.05) is 19.0 Å². The molecule has 1 aromatic heterocycles. The summed E-state index contributed by atoms with van der Waals surface area (Å²) in [6.07, 6.45) is 0. The predicted molar refractivity (Wildman–Crippen MR) is 70.6 cm³/mol. The second-order valence-corrected chi connectivity index (χ2v) is 6.11. The van der Waals surface area contributed by atoms with Gasteiger partial charge in [-0.15, -0.1) is 10.2 Å². The molecule has 0 saturated carbocycles. The third kappa shape index (κ3) is 3.20. The van der Waals surface area contributed by atoms with Gasteiger partial charge in [-0.2, -0.15) is 0 Å². The number of aliphatic hydroxyl groups is 1. The minimum atomic E-state index is -0.712. The van der Waals surface area contributed by atoms with Crippen LogP contribution in [-0.4, -0.2) is 29.4 Å². The summed E-state index contributed by atoms with van der Waals surface area (Å²) < 4.78 is 27.9. The molecule has 0 atom stereocenters.